The van der Waals surface area contributed by atoms with Crippen LogP contribution in [0.1, 0.15) is 59.6 Å². The molecule has 0 radical (unpaired) electrons. The lowest BCUT2D eigenvalue weighted by molar-refractivity contribution is -0.384. The molecule has 5 rings (SSSR count). The molecule has 6 heteroatoms. The Kier molecular flexibility index (Phi) is 4.07. The third-order valence-electron chi connectivity index (χ3n) is 5.99. The van der Waals surface area contributed by atoms with Gasteiger partial charge >= 0.3 is 0 Å². The van der Waals surface area contributed by atoms with Gasteiger partial charge in [0.25, 0.3) is 11.6 Å². The van der Waals surface area contributed by atoms with Gasteiger partial charge in [0, 0.05) is 23.7 Å². The van der Waals surface area contributed by atoms with Gasteiger partial charge in [-0.1, -0.05) is 24.3 Å². The van der Waals surface area contributed by atoms with Crippen molar-refractivity contribution in [3.05, 3.63) is 69.3 Å². The highest BCUT2D eigenvalue weighted by Gasteiger charge is 2.41. The molecule has 0 aromatic heterocycles. The van der Waals surface area contributed by atoms with Crippen molar-refractivity contribution in [1.82, 2.24) is 4.90 Å². The fraction of sp³-hybridized carbons (Fsp3) is 0.409. The van der Waals surface area contributed by atoms with Crippen LogP contribution in [0.5, 0.6) is 0 Å². The van der Waals surface area contributed by atoms with Gasteiger partial charge < -0.3 is 10.2 Å². The van der Waals surface area contributed by atoms with Gasteiger partial charge in [0.05, 0.1) is 11.0 Å². The highest BCUT2D eigenvalue weighted by Crippen LogP contribution is 2.43. The molecule has 2 fully saturated rings. The van der Waals surface area contributed by atoms with E-state index in [2.05, 4.69) is 17.4 Å². The van der Waals surface area contributed by atoms with Crippen molar-refractivity contribution < 1.29 is 9.72 Å². The monoisotopic (exact) mass is 377 g/mol. The van der Waals surface area contributed by atoms with Crippen molar-refractivity contribution in [3.8, 4) is 0 Å². The number of rotatable bonds is 6. The van der Waals surface area contributed by atoms with Gasteiger partial charge in [-0.15, -0.1) is 0 Å². The Morgan fingerprint density at radius 3 is 2.57 bits per heavy atom. The largest absolute Gasteiger partial charge is 0.377 e. The zero-order valence-electron chi connectivity index (χ0n) is 15.6. The standard InChI is InChI=1S/C22H23N3O3/c26-22(15-5-11-19(23-16-7-8-16)21(13-15)25(27)28)24(17-9-10-17)20-12-6-14-3-1-2-4-18(14)20/h1-5,11,13,16-17,20,23H,6-10,12H2. The first-order valence-electron chi connectivity index (χ1n) is 10.1. The summed E-state index contributed by atoms with van der Waals surface area (Å²) >= 11 is 0. The molecule has 1 unspecified atom stereocenters. The molecule has 3 aliphatic rings. The zero-order valence-corrected chi connectivity index (χ0v) is 15.6. The molecule has 0 aliphatic heterocycles. The van der Waals surface area contributed by atoms with E-state index < -0.39 is 4.92 Å². The lowest BCUT2D eigenvalue weighted by Crippen LogP contribution is -2.36. The molecule has 2 aromatic rings. The van der Waals surface area contributed by atoms with Crippen LogP contribution in [-0.4, -0.2) is 27.8 Å². The van der Waals surface area contributed by atoms with Crippen LogP contribution in [0.15, 0.2) is 42.5 Å². The van der Waals surface area contributed by atoms with Crippen LogP contribution < -0.4 is 5.32 Å². The third kappa shape index (κ3) is 3.13. The van der Waals surface area contributed by atoms with Gasteiger partial charge in [0.15, 0.2) is 0 Å². The second-order valence-corrected chi connectivity index (χ2v) is 8.10. The first-order valence-corrected chi connectivity index (χ1v) is 10.1. The SMILES string of the molecule is O=C(c1ccc(NC2CC2)c([N+](=O)[O-])c1)N(C1CC1)C1CCc2ccccc21. The summed E-state index contributed by atoms with van der Waals surface area (Å²) < 4.78 is 0. The summed E-state index contributed by atoms with van der Waals surface area (Å²) in [7, 11) is 0. The third-order valence-corrected chi connectivity index (χ3v) is 5.99. The van der Waals surface area contributed by atoms with E-state index in [9.17, 15) is 14.9 Å². The number of nitro benzene ring substituents is 1. The number of hydrogen-bond acceptors (Lipinski definition) is 4. The summed E-state index contributed by atoms with van der Waals surface area (Å²) in [6, 6.07) is 13.8. The predicted octanol–water partition coefficient (Wildman–Crippen LogP) is 4.46. The van der Waals surface area contributed by atoms with Crippen LogP contribution in [0.4, 0.5) is 11.4 Å². The lowest BCUT2D eigenvalue weighted by Gasteiger charge is -2.30. The highest BCUT2D eigenvalue weighted by atomic mass is 16.6. The van der Waals surface area contributed by atoms with Gasteiger partial charge in [0.2, 0.25) is 0 Å². The Labute approximate surface area is 163 Å². The van der Waals surface area contributed by atoms with Crippen LogP contribution >= 0.6 is 0 Å². The van der Waals surface area contributed by atoms with Gasteiger partial charge in [-0.2, -0.15) is 0 Å². The quantitative estimate of drug-likeness (QED) is 0.596. The number of nitrogens with zero attached hydrogens (tertiary/aromatic N) is 2. The van der Waals surface area contributed by atoms with Crippen LogP contribution in [0.3, 0.4) is 0 Å². The normalized spacial score (nSPS) is 20.5. The van der Waals surface area contributed by atoms with Crippen molar-refractivity contribution in [1.29, 1.82) is 0 Å². The van der Waals surface area contributed by atoms with E-state index in [1.807, 2.05) is 17.0 Å². The second-order valence-electron chi connectivity index (χ2n) is 8.10. The van der Waals surface area contributed by atoms with Gasteiger partial charge in [0.1, 0.15) is 5.69 Å². The molecule has 1 amide bonds. The summed E-state index contributed by atoms with van der Waals surface area (Å²) in [4.78, 5) is 26.6. The van der Waals surface area contributed by atoms with E-state index in [0.29, 0.717) is 17.3 Å². The molecule has 0 saturated heterocycles. The average molecular weight is 377 g/mol. The Morgan fingerprint density at radius 1 is 1.07 bits per heavy atom. The summed E-state index contributed by atoms with van der Waals surface area (Å²) in [5.74, 6) is -0.0923. The lowest BCUT2D eigenvalue weighted by atomic mass is 10.0. The minimum atomic E-state index is -0.395. The number of fused-ring (bicyclic) bond motifs is 1. The minimum absolute atomic E-state index is 0.0136. The summed E-state index contributed by atoms with van der Waals surface area (Å²) in [6.07, 6.45) is 5.98. The summed E-state index contributed by atoms with van der Waals surface area (Å²) in [6.45, 7) is 0. The number of nitrogens with one attached hydrogen (secondary N) is 1. The maximum Gasteiger partial charge on any atom is 0.293 e. The van der Waals surface area contributed by atoms with Crippen molar-refractivity contribution in [2.45, 2.75) is 56.7 Å². The number of nitro groups is 1. The molecule has 6 nitrogen and oxygen atoms in total. The van der Waals surface area contributed by atoms with Crippen molar-refractivity contribution in [3.63, 3.8) is 0 Å². The number of benzene rings is 2. The Morgan fingerprint density at radius 2 is 1.86 bits per heavy atom. The maximum absolute atomic E-state index is 13.4. The predicted molar refractivity (Wildman–Crippen MR) is 106 cm³/mol. The first-order chi connectivity index (χ1) is 13.6. The molecule has 0 heterocycles. The van der Waals surface area contributed by atoms with E-state index in [4.69, 9.17) is 0 Å². The molecular weight excluding hydrogens is 354 g/mol. The molecule has 0 bridgehead atoms. The first kappa shape index (κ1) is 17.2. The van der Waals surface area contributed by atoms with E-state index in [1.54, 1.807) is 12.1 Å². The summed E-state index contributed by atoms with van der Waals surface area (Å²) in [5, 5.41) is 14.8. The number of hydrogen-bond donors (Lipinski definition) is 1. The number of anilines is 1. The fourth-order valence-electron chi connectivity index (χ4n) is 4.27. The smallest absolute Gasteiger partial charge is 0.293 e. The average Bonchev–Trinajstić information content (AvgIpc) is 3.62. The number of aryl methyl sites for hydroxylation is 1. The molecule has 3 aliphatic carbocycles. The molecule has 1 atom stereocenters. The molecular formula is C22H23N3O3. The number of amides is 1. The van der Waals surface area contributed by atoms with E-state index in [-0.39, 0.29) is 23.7 Å². The minimum Gasteiger partial charge on any atom is -0.377 e. The molecule has 2 aromatic carbocycles. The van der Waals surface area contributed by atoms with Gasteiger partial charge in [-0.05, 0) is 61.8 Å². The molecule has 144 valence electrons. The maximum atomic E-state index is 13.4. The van der Waals surface area contributed by atoms with Crippen molar-refractivity contribution in [2.75, 3.05) is 5.32 Å². The summed E-state index contributed by atoms with van der Waals surface area (Å²) in [5.41, 5.74) is 3.43. The van der Waals surface area contributed by atoms with Crippen molar-refractivity contribution in [2.24, 2.45) is 0 Å². The Hall–Kier alpha value is -2.89. The Bertz CT molecular complexity index is 950. The number of carbonyl (C=O) groups is 1. The second kappa shape index (κ2) is 6.62. The highest BCUT2D eigenvalue weighted by molar-refractivity contribution is 5.96. The Balaban J connectivity index is 1.47. The molecule has 2 saturated carbocycles. The van der Waals surface area contributed by atoms with Crippen LogP contribution in [0.2, 0.25) is 0 Å². The van der Waals surface area contributed by atoms with E-state index in [0.717, 1.165) is 38.5 Å². The van der Waals surface area contributed by atoms with Crippen LogP contribution in [-0.2, 0) is 6.42 Å². The van der Waals surface area contributed by atoms with Gasteiger partial charge in [-0.3, -0.25) is 14.9 Å². The van der Waals surface area contributed by atoms with Gasteiger partial charge in [-0.25, -0.2) is 0 Å². The topological polar surface area (TPSA) is 75.5 Å². The van der Waals surface area contributed by atoms with Crippen molar-refractivity contribution >= 4 is 17.3 Å². The zero-order chi connectivity index (χ0) is 19.3. The number of carbonyl (C=O) groups excluding carboxylic acids is 1. The van der Waals surface area contributed by atoms with Crippen LogP contribution in [0.25, 0.3) is 0 Å². The van der Waals surface area contributed by atoms with E-state index >= 15 is 0 Å². The van der Waals surface area contributed by atoms with Crippen LogP contribution in [0, 0.1) is 10.1 Å². The molecule has 1 N–H and O–H groups in total. The fourth-order valence-corrected chi connectivity index (χ4v) is 4.27. The molecule has 0 spiro atoms. The molecule has 28 heavy (non-hydrogen) atoms. The van der Waals surface area contributed by atoms with E-state index in [1.165, 1.54) is 17.2 Å².